The fraction of sp³-hybridized carbons (Fsp3) is 0.167. The van der Waals surface area contributed by atoms with Crippen molar-refractivity contribution in [1.29, 1.82) is 0 Å². The van der Waals surface area contributed by atoms with Crippen LogP contribution in [0.4, 0.5) is 5.69 Å². The van der Waals surface area contributed by atoms with E-state index in [9.17, 15) is 4.79 Å². The van der Waals surface area contributed by atoms with Crippen LogP contribution in [0.3, 0.4) is 0 Å². The van der Waals surface area contributed by atoms with Gasteiger partial charge < -0.3 is 5.32 Å². The number of aromatic nitrogens is 1. The van der Waals surface area contributed by atoms with Crippen molar-refractivity contribution in [2.24, 2.45) is 0 Å². The van der Waals surface area contributed by atoms with Crippen molar-refractivity contribution >= 4 is 33.1 Å². The second-order valence-electron chi connectivity index (χ2n) is 6.80. The molecule has 0 radical (unpaired) electrons. The Morgan fingerprint density at radius 3 is 2.50 bits per heavy atom. The molecule has 3 aromatic carbocycles. The van der Waals surface area contributed by atoms with Crippen LogP contribution in [0.2, 0.25) is 0 Å². The first-order valence-corrected chi connectivity index (χ1v) is 10.4. The smallest absolute Gasteiger partial charge is 0.224 e. The van der Waals surface area contributed by atoms with Crippen molar-refractivity contribution in [2.45, 2.75) is 25.7 Å². The normalized spacial score (nSPS) is 10.9. The van der Waals surface area contributed by atoms with E-state index >= 15 is 0 Å². The molecule has 0 aliphatic rings. The van der Waals surface area contributed by atoms with Crippen LogP contribution in [0.5, 0.6) is 0 Å². The molecule has 0 unspecified atom stereocenters. The zero-order valence-corrected chi connectivity index (χ0v) is 16.4. The lowest BCUT2D eigenvalue weighted by Gasteiger charge is -2.11. The summed E-state index contributed by atoms with van der Waals surface area (Å²) in [5, 5.41) is 4.18. The van der Waals surface area contributed by atoms with Crippen LogP contribution in [0.25, 0.3) is 10.2 Å². The van der Waals surface area contributed by atoms with Gasteiger partial charge in [0.05, 0.1) is 15.2 Å². The minimum atomic E-state index is 0.0571. The molecule has 3 nitrogen and oxygen atoms in total. The minimum Gasteiger partial charge on any atom is -0.326 e. The maximum atomic E-state index is 12.5. The highest BCUT2D eigenvalue weighted by atomic mass is 32.1. The number of hydrogen-bond donors (Lipinski definition) is 1. The number of benzene rings is 3. The van der Waals surface area contributed by atoms with Crippen LogP contribution >= 0.6 is 11.3 Å². The quantitative estimate of drug-likeness (QED) is 0.433. The number of aryl methyl sites for hydroxylation is 1. The highest BCUT2D eigenvalue weighted by molar-refractivity contribution is 7.18. The average Bonchev–Trinajstić information content (AvgIpc) is 3.13. The second kappa shape index (κ2) is 8.81. The highest BCUT2D eigenvalue weighted by Gasteiger charge is 2.09. The van der Waals surface area contributed by atoms with Gasteiger partial charge in [0, 0.05) is 12.1 Å². The zero-order chi connectivity index (χ0) is 19.2. The van der Waals surface area contributed by atoms with E-state index in [1.54, 1.807) is 11.3 Å². The molecular weight excluding hydrogens is 364 g/mol. The molecule has 0 saturated heterocycles. The monoisotopic (exact) mass is 386 g/mol. The van der Waals surface area contributed by atoms with Crippen LogP contribution in [0.15, 0.2) is 78.9 Å². The van der Waals surface area contributed by atoms with Crippen molar-refractivity contribution in [3.8, 4) is 0 Å². The summed E-state index contributed by atoms with van der Waals surface area (Å²) in [6.45, 7) is 0. The first-order valence-electron chi connectivity index (χ1n) is 9.54. The summed E-state index contributed by atoms with van der Waals surface area (Å²) in [5.41, 5.74) is 4.31. The summed E-state index contributed by atoms with van der Waals surface area (Å²) >= 11 is 1.71. The van der Waals surface area contributed by atoms with Gasteiger partial charge in [-0.05, 0) is 48.6 Å². The summed E-state index contributed by atoms with van der Waals surface area (Å²) in [7, 11) is 0. The van der Waals surface area contributed by atoms with Gasteiger partial charge in [-0.15, -0.1) is 11.3 Å². The van der Waals surface area contributed by atoms with E-state index in [0.717, 1.165) is 41.0 Å². The van der Waals surface area contributed by atoms with Gasteiger partial charge in [-0.3, -0.25) is 4.79 Å². The van der Waals surface area contributed by atoms with Gasteiger partial charge in [-0.25, -0.2) is 4.98 Å². The van der Waals surface area contributed by atoms with Crippen molar-refractivity contribution in [2.75, 3.05) is 5.32 Å². The number of amides is 1. The van der Waals surface area contributed by atoms with Crippen LogP contribution < -0.4 is 5.32 Å². The lowest BCUT2D eigenvalue weighted by molar-refractivity contribution is -0.116. The molecule has 28 heavy (non-hydrogen) atoms. The molecule has 4 heteroatoms. The predicted molar refractivity (Wildman–Crippen MR) is 117 cm³/mol. The van der Waals surface area contributed by atoms with E-state index in [1.165, 1.54) is 10.3 Å². The van der Waals surface area contributed by atoms with Crippen molar-refractivity contribution < 1.29 is 4.79 Å². The molecule has 1 aromatic heterocycles. The molecule has 0 atom stereocenters. The third-order valence-electron chi connectivity index (χ3n) is 4.66. The first kappa shape index (κ1) is 18.4. The third kappa shape index (κ3) is 4.65. The number of carbonyl (C=O) groups excluding carboxylic acids is 1. The Balaban J connectivity index is 1.33. The Morgan fingerprint density at radius 1 is 0.893 bits per heavy atom. The first-order chi connectivity index (χ1) is 13.8. The predicted octanol–water partition coefficient (Wildman–Crippen LogP) is 5.85. The number of hydrogen-bond acceptors (Lipinski definition) is 3. The van der Waals surface area contributed by atoms with E-state index in [0.29, 0.717) is 6.42 Å². The van der Waals surface area contributed by atoms with Crippen molar-refractivity contribution in [3.63, 3.8) is 0 Å². The fourth-order valence-electron chi connectivity index (χ4n) is 3.25. The number of carbonyl (C=O) groups is 1. The van der Waals surface area contributed by atoms with Gasteiger partial charge >= 0.3 is 0 Å². The molecule has 0 bridgehead atoms. The van der Waals surface area contributed by atoms with Crippen LogP contribution in [-0.2, 0) is 17.6 Å². The molecule has 1 amide bonds. The maximum Gasteiger partial charge on any atom is 0.224 e. The van der Waals surface area contributed by atoms with E-state index in [4.69, 9.17) is 0 Å². The van der Waals surface area contributed by atoms with E-state index in [1.807, 2.05) is 54.6 Å². The SMILES string of the molecule is O=C(CCCc1nc2ccccc2s1)Nc1ccccc1Cc1ccccc1. The highest BCUT2D eigenvalue weighted by Crippen LogP contribution is 2.23. The van der Waals surface area contributed by atoms with Crippen LogP contribution in [-0.4, -0.2) is 10.9 Å². The summed E-state index contributed by atoms with van der Waals surface area (Å²) in [6.07, 6.45) is 2.93. The Labute approximate surface area is 169 Å². The molecule has 4 aromatic rings. The summed E-state index contributed by atoms with van der Waals surface area (Å²) in [4.78, 5) is 17.1. The molecule has 1 heterocycles. The van der Waals surface area contributed by atoms with Gasteiger partial charge in [-0.2, -0.15) is 0 Å². The molecule has 0 spiro atoms. The lowest BCUT2D eigenvalue weighted by Crippen LogP contribution is -2.13. The van der Waals surface area contributed by atoms with Crippen LogP contribution in [0.1, 0.15) is 29.0 Å². The van der Waals surface area contributed by atoms with Gasteiger partial charge in [0.25, 0.3) is 0 Å². The lowest BCUT2D eigenvalue weighted by atomic mass is 10.0. The number of thiazole rings is 1. The van der Waals surface area contributed by atoms with Crippen molar-refractivity contribution in [3.05, 3.63) is 95.0 Å². The molecule has 4 rings (SSSR count). The fourth-order valence-corrected chi connectivity index (χ4v) is 4.26. The molecule has 0 fully saturated rings. The van der Waals surface area contributed by atoms with Crippen LogP contribution in [0, 0.1) is 0 Å². The molecule has 0 aliphatic heterocycles. The molecule has 0 aliphatic carbocycles. The average molecular weight is 387 g/mol. The maximum absolute atomic E-state index is 12.5. The number of rotatable bonds is 7. The second-order valence-corrected chi connectivity index (χ2v) is 7.91. The molecular formula is C24H22N2OS. The summed E-state index contributed by atoms with van der Waals surface area (Å²) in [6, 6.07) is 26.5. The van der Waals surface area contributed by atoms with E-state index < -0.39 is 0 Å². The molecule has 0 saturated carbocycles. The topological polar surface area (TPSA) is 42.0 Å². The number of nitrogens with one attached hydrogen (secondary N) is 1. The van der Waals surface area contributed by atoms with Gasteiger partial charge in [0.15, 0.2) is 0 Å². The Hall–Kier alpha value is -2.98. The van der Waals surface area contributed by atoms with E-state index in [-0.39, 0.29) is 5.91 Å². The van der Waals surface area contributed by atoms with Gasteiger partial charge in [0.1, 0.15) is 0 Å². The third-order valence-corrected chi connectivity index (χ3v) is 5.76. The number of nitrogens with zero attached hydrogens (tertiary/aromatic N) is 1. The largest absolute Gasteiger partial charge is 0.326 e. The molecule has 140 valence electrons. The van der Waals surface area contributed by atoms with E-state index in [2.05, 4.69) is 34.6 Å². The Morgan fingerprint density at radius 2 is 1.64 bits per heavy atom. The zero-order valence-electron chi connectivity index (χ0n) is 15.6. The van der Waals surface area contributed by atoms with Gasteiger partial charge in [-0.1, -0.05) is 60.7 Å². The Bertz CT molecular complexity index is 1040. The Kier molecular flexibility index (Phi) is 5.78. The number of fused-ring (bicyclic) bond motifs is 1. The summed E-state index contributed by atoms with van der Waals surface area (Å²) in [5.74, 6) is 0.0571. The van der Waals surface area contributed by atoms with Crippen molar-refractivity contribution in [1.82, 2.24) is 4.98 Å². The summed E-state index contributed by atoms with van der Waals surface area (Å²) < 4.78 is 1.21. The standard InChI is InChI=1S/C24H22N2OS/c27-23(15-8-16-24-26-21-13-6-7-14-22(21)28-24)25-20-12-5-4-11-19(20)17-18-9-2-1-3-10-18/h1-7,9-14H,8,15-17H2,(H,25,27). The minimum absolute atomic E-state index is 0.0571. The number of anilines is 1. The van der Waals surface area contributed by atoms with Gasteiger partial charge in [0.2, 0.25) is 5.91 Å². The molecule has 1 N–H and O–H groups in total. The number of para-hydroxylation sites is 2.